The zero-order valence-electron chi connectivity index (χ0n) is 13.6. The van der Waals surface area contributed by atoms with Gasteiger partial charge in [-0.3, -0.25) is 4.79 Å². The summed E-state index contributed by atoms with van der Waals surface area (Å²) >= 11 is 6.73. The van der Waals surface area contributed by atoms with Crippen LogP contribution in [0.25, 0.3) is 0 Å². The number of nitrogens with zero attached hydrogens (tertiary/aromatic N) is 1. The SMILES string of the molecule is COc1cc(OC)c(C=NNC(=O)COc2ccc(Br)cc2)cc1Br. The third-order valence-corrected chi connectivity index (χ3v) is 4.23. The summed E-state index contributed by atoms with van der Waals surface area (Å²) < 4.78 is 17.5. The van der Waals surface area contributed by atoms with Crippen molar-refractivity contribution in [1.82, 2.24) is 5.43 Å². The summed E-state index contributed by atoms with van der Waals surface area (Å²) in [6, 6.07) is 10.7. The van der Waals surface area contributed by atoms with Crippen molar-refractivity contribution >= 4 is 44.0 Å². The van der Waals surface area contributed by atoms with Crippen LogP contribution >= 0.6 is 31.9 Å². The molecule has 1 N–H and O–H groups in total. The van der Waals surface area contributed by atoms with Crippen LogP contribution in [-0.2, 0) is 4.79 Å². The Morgan fingerprint density at radius 1 is 1.12 bits per heavy atom. The van der Waals surface area contributed by atoms with Crippen molar-refractivity contribution in [3.05, 3.63) is 50.9 Å². The second-order valence-corrected chi connectivity index (χ2v) is 6.53. The maximum absolute atomic E-state index is 11.8. The molecule has 0 bridgehead atoms. The molecule has 0 aliphatic carbocycles. The average Bonchev–Trinajstić information content (AvgIpc) is 2.61. The number of benzene rings is 2. The molecular weight excluding hydrogens is 456 g/mol. The zero-order chi connectivity index (χ0) is 18.2. The van der Waals surface area contributed by atoms with E-state index in [0.29, 0.717) is 22.8 Å². The van der Waals surface area contributed by atoms with Gasteiger partial charge in [-0.15, -0.1) is 0 Å². The third kappa shape index (κ3) is 5.75. The normalized spacial score (nSPS) is 10.6. The lowest BCUT2D eigenvalue weighted by atomic mass is 10.2. The Balaban J connectivity index is 1.92. The molecule has 0 unspecified atom stereocenters. The summed E-state index contributed by atoms with van der Waals surface area (Å²) in [4.78, 5) is 11.8. The Morgan fingerprint density at radius 3 is 2.44 bits per heavy atom. The van der Waals surface area contributed by atoms with E-state index in [0.717, 1.165) is 8.95 Å². The Bertz CT molecular complexity index is 764. The van der Waals surface area contributed by atoms with Gasteiger partial charge < -0.3 is 14.2 Å². The minimum atomic E-state index is -0.370. The molecule has 0 aliphatic heterocycles. The van der Waals surface area contributed by atoms with Crippen LogP contribution in [0.5, 0.6) is 17.2 Å². The first-order chi connectivity index (χ1) is 12.0. The van der Waals surface area contributed by atoms with Gasteiger partial charge >= 0.3 is 0 Å². The number of ether oxygens (including phenoxy) is 3. The molecule has 2 rings (SSSR count). The Morgan fingerprint density at radius 2 is 1.80 bits per heavy atom. The van der Waals surface area contributed by atoms with Crippen molar-refractivity contribution < 1.29 is 19.0 Å². The van der Waals surface area contributed by atoms with E-state index in [2.05, 4.69) is 42.4 Å². The quantitative estimate of drug-likeness (QED) is 0.493. The zero-order valence-corrected chi connectivity index (χ0v) is 16.8. The van der Waals surface area contributed by atoms with Crippen LogP contribution in [-0.4, -0.2) is 32.9 Å². The lowest BCUT2D eigenvalue weighted by Gasteiger charge is -2.09. The van der Waals surface area contributed by atoms with E-state index in [1.165, 1.54) is 6.21 Å². The fourth-order valence-electron chi connectivity index (χ4n) is 1.87. The molecule has 0 heterocycles. The minimum Gasteiger partial charge on any atom is -0.496 e. The number of carbonyl (C=O) groups is 1. The molecule has 0 spiro atoms. The summed E-state index contributed by atoms with van der Waals surface area (Å²) in [6.07, 6.45) is 1.49. The first kappa shape index (κ1) is 19.3. The average molecular weight is 472 g/mol. The molecule has 1 amide bonds. The number of carbonyl (C=O) groups excluding carboxylic acids is 1. The van der Waals surface area contributed by atoms with Crippen molar-refractivity contribution in [2.24, 2.45) is 5.10 Å². The van der Waals surface area contributed by atoms with E-state index in [1.54, 1.807) is 38.5 Å². The number of hydrogen-bond donors (Lipinski definition) is 1. The highest BCUT2D eigenvalue weighted by Crippen LogP contribution is 2.31. The highest BCUT2D eigenvalue weighted by molar-refractivity contribution is 9.10. The third-order valence-electron chi connectivity index (χ3n) is 3.08. The number of hydrazone groups is 1. The van der Waals surface area contributed by atoms with E-state index in [4.69, 9.17) is 14.2 Å². The second-order valence-electron chi connectivity index (χ2n) is 4.76. The fourth-order valence-corrected chi connectivity index (χ4v) is 2.66. The van der Waals surface area contributed by atoms with Crippen LogP contribution in [0, 0.1) is 0 Å². The van der Waals surface area contributed by atoms with Gasteiger partial charge in [-0.2, -0.15) is 5.10 Å². The first-order valence-electron chi connectivity index (χ1n) is 7.15. The van der Waals surface area contributed by atoms with Gasteiger partial charge in [-0.25, -0.2) is 5.43 Å². The van der Waals surface area contributed by atoms with Gasteiger partial charge in [-0.1, -0.05) is 15.9 Å². The molecule has 0 atom stereocenters. The smallest absolute Gasteiger partial charge is 0.277 e. The lowest BCUT2D eigenvalue weighted by Crippen LogP contribution is -2.24. The molecule has 132 valence electrons. The van der Waals surface area contributed by atoms with Gasteiger partial charge in [0.05, 0.1) is 24.9 Å². The molecule has 0 radical (unpaired) electrons. The topological polar surface area (TPSA) is 69.2 Å². The molecule has 0 saturated heterocycles. The number of rotatable bonds is 7. The van der Waals surface area contributed by atoms with Gasteiger partial charge in [0, 0.05) is 16.1 Å². The number of methoxy groups -OCH3 is 2. The maximum atomic E-state index is 11.8. The van der Waals surface area contributed by atoms with Crippen molar-refractivity contribution in [1.29, 1.82) is 0 Å². The molecule has 6 nitrogen and oxygen atoms in total. The molecular formula is C17H16Br2N2O4. The molecule has 0 saturated carbocycles. The van der Waals surface area contributed by atoms with Crippen molar-refractivity contribution in [2.75, 3.05) is 20.8 Å². The Hall–Kier alpha value is -2.06. The fraction of sp³-hybridized carbons (Fsp3) is 0.176. The number of halogens is 2. The summed E-state index contributed by atoms with van der Waals surface area (Å²) in [5.41, 5.74) is 3.09. The summed E-state index contributed by atoms with van der Waals surface area (Å²) in [7, 11) is 3.11. The van der Waals surface area contributed by atoms with E-state index >= 15 is 0 Å². The van der Waals surface area contributed by atoms with Gasteiger partial charge in [-0.05, 0) is 46.3 Å². The van der Waals surface area contributed by atoms with Crippen molar-refractivity contribution in [3.8, 4) is 17.2 Å². The highest BCUT2D eigenvalue weighted by Gasteiger charge is 2.08. The molecule has 0 fully saturated rings. The minimum absolute atomic E-state index is 0.136. The molecule has 0 aromatic heterocycles. The van der Waals surface area contributed by atoms with Gasteiger partial charge in [0.25, 0.3) is 5.91 Å². The van der Waals surface area contributed by atoms with Crippen LogP contribution in [0.15, 0.2) is 50.4 Å². The first-order valence-corrected chi connectivity index (χ1v) is 8.74. The number of nitrogens with one attached hydrogen (secondary N) is 1. The van der Waals surface area contributed by atoms with Crippen LogP contribution in [0.1, 0.15) is 5.56 Å². The summed E-state index contributed by atoms with van der Waals surface area (Å²) in [5, 5.41) is 3.92. The number of amides is 1. The second kappa shape index (κ2) is 9.43. The van der Waals surface area contributed by atoms with Gasteiger partial charge in [0.15, 0.2) is 6.61 Å². The Kier molecular flexibility index (Phi) is 7.27. The predicted molar refractivity (Wildman–Crippen MR) is 103 cm³/mol. The lowest BCUT2D eigenvalue weighted by molar-refractivity contribution is -0.123. The molecule has 2 aromatic rings. The van der Waals surface area contributed by atoms with Crippen LogP contribution < -0.4 is 19.6 Å². The van der Waals surface area contributed by atoms with E-state index in [-0.39, 0.29) is 12.5 Å². The van der Waals surface area contributed by atoms with Crippen LogP contribution in [0.3, 0.4) is 0 Å². The van der Waals surface area contributed by atoms with E-state index < -0.39 is 0 Å². The standard InChI is InChI=1S/C17H16Br2N2O4/c1-23-15-8-16(24-2)14(19)7-11(15)9-20-21-17(22)10-25-13-5-3-12(18)4-6-13/h3-9H,10H2,1-2H3,(H,21,22). The van der Waals surface area contributed by atoms with E-state index in [9.17, 15) is 4.79 Å². The molecule has 8 heteroatoms. The number of hydrogen-bond acceptors (Lipinski definition) is 5. The molecule has 25 heavy (non-hydrogen) atoms. The van der Waals surface area contributed by atoms with Crippen molar-refractivity contribution in [3.63, 3.8) is 0 Å². The predicted octanol–water partition coefficient (Wildman–Crippen LogP) is 3.76. The Labute approximate surface area is 162 Å². The maximum Gasteiger partial charge on any atom is 0.277 e. The largest absolute Gasteiger partial charge is 0.496 e. The van der Waals surface area contributed by atoms with E-state index in [1.807, 2.05) is 12.1 Å². The van der Waals surface area contributed by atoms with Gasteiger partial charge in [0.1, 0.15) is 17.2 Å². The van der Waals surface area contributed by atoms with Crippen LogP contribution in [0.4, 0.5) is 0 Å². The summed E-state index contributed by atoms with van der Waals surface area (Å²) in [6.45, 7) is -0.136. The molecule has 0 aliphatic rings. The highest BCUT2D eigenvalue weighted by atomic mass is 79.9. The monoisotopic (exact) mass is 470 g/mol. The van der Waals surface area contributed by atoms with Gasteiger partial charge in [0.2, 0.25) is 0 Å². The summed E-state index contributed by atoms with van der Waals surface area (Å²) in [5.74, 6) is 1.44. The molecule has 2 aromatic carbocycles. The van der Waals surface area contributed by atoms with Crippen LogP contribution in [0.2, 0.25) is 0 Å². The van der Waals surface area contributed by atoms with Crippen molar-refractivity contribution in [2.45, 2.75) is 0 Å².